The van der Waals surface area contributed by atoms with E-state index in [2.05, 4.69) is 10.3 Å². The Hall–Kier alpha value is -3.86. The van der Waals surface area contributed by atoms with Gasteiger partial charge < -0.3 is 14.5 Å². The summed E-state index contributed by atoms with van der Waals surface area (Å²) in [5.74, 6) is 1.74. The van der Waals surface area contributed by atoms with Crippen LogP contribution in [0.25, 0.3) is 22.8 Å². The van der Waals surface area contributed by atoms with E-state index >= 15 is 0 Å². The van der Waals surface area contributed by atoms with Gasteiger partial charge in [-0.2, -0.15) is 0 Å². The van der Waals surface area contributed by atoms with Crippen molar-refractivity contribution >= 4 is 5.91 Å². The molecule has 0 spiro atoms. The monoisotopic (exact) mass is 412 g/mol. The van der Waals surface area contributed by atoms with E-state index in [4.69, 9.17) is 9.15 Å². The Morgan fingerprint density at radius 3 is 2.55 bits per heavy atom. The van der Waals surface area contributed by atoms with Crippen molar-refractivity contribution in [3.05, 3.63) is 95.7 Å². The van der Waals surface area contributed by atoms with Gasteiger partial charge in [-0.15, -0.1) is 0 Å². The molecule has 4 rings (SSSR count). The number of hydrogen-bond acceptors (Lipinski definition) is 4. The van der Waals surface area contributed by atoms with Crippen LogP contribution in [0.2, 0.25) is 0 Å². The highest BCUT2D eigenvalue weighted by Gasteiger charge is 2.17. The zero-order valence-electron chi connectivity index (χ0n) is 17.6. The highest BCUT2D eigenvalue weighted by atomic mass is 16.5. The molecule has 5 nitrogen and oxygen atoms in total. The highest BCUT2D eigenvalue weighted by Crippen LogP contribution is 2.28. The summed E-state index contributed by atoms with van der Waals surface area (Å²) >= 11 is 0. The molecule has 31 heavy (non-hydrogen) atoms. The topological polar surface area (TPSA) is 64.4 Å². The van der Waals surface area contributed by atoms with Crippen molar-refractivity contribution < 1.29 is 13.9 Å². The maximum Gasteiger partial charge on any atom is 0.252 e. The largest absolute Gasteiger partial charge is 0.496 e. The summed E-state index contributed by atoms with van der Waals surface area (Å²) in [6, 6.07) is 23.2. The average Bonchev–Trinajstić information content (AvgIpc) is 3.30. The van der Waals surface area contributed by atoms with Gasteiger partial charge in [-0.3, -0.25) is 4.79 Å². The van der Waals surface area contributed by atoms with Gasteiger partial charge in [-0.1, -0.05) is 60.2 Å². The number of benzene rings is 3. The van der Waals surface area contributed by atoms with Gasteiger partial charge in [0.2, 0.25) is 5.89 Å². The van der Waals surface area contributed by atoms with E-state index < -0.39 is 0 Å². The summed E-state index contributed by atoms with van der Waals surface area (Å²) in [7, 11) is 1.65. The molecule has 0 saturated carbocycles. The van der Waals surface area contributed by atoms with Gasteiger partial charge in [-0.05, 0) is 37.1 Å². The lowest BCUT2D eigenvalue weighted by Crippen LogP contribution is -2.26. The quantitative estimate of drug-likeness (QED) is 0.447. The van der Waals surface area contributed by atoms with Crippen molar-refractivity contribution in [2.45, 2.75) is 13.3 Å². The highest BCUT2D eigenvalue weighted by molar-refractivity contribution is 6.00. The number of nitrogens with zero attached hydrogens (tertiary/aromatic N) is 1. The fourth-order valence-electron chi connectivity index (χ4n) is 3.43. The van der Waals surface area contributed by atoms with E-state index in [1.165, 1.54) is 5.56 Å². The van der Waals surface area contributed by atoms with Crippen LogP contribution in [-0.2, 0) is 6.42 Å². The molecule has 0 bridgehead atoms. The minimum atomic E-state index is -0.166. The zero-order chi connectivity index (χ0) is 21.6. The fourth-order valence-corrected chi connectivity index (χ4v) is 3.43. The number of carbonyl (C=O) groups is 1. The molecule has 3 aromatic carbocycles. The summed E-state index contributed by atoms with van der Waals surface area (Å²) in [6.45, 7) is 2.53. The molecule has 0 atom stereocenters. The number of oxazole rings is 1. The van der Waals surface area contributed by atoms with Crippen LogP contribution >= 0.6 is 0 Å². The lowest BCUT2D eigenvalue weighted by molar-refractivity contribution is 0.0954. The maximum absolute atomic E-state index is 12.9. The Labute approximate surface area is 181 Å². The minimum Gasteiger partial charge on any atom is -0.496 e. The molecule has 0 saturated heterocycles. The van der Waals surface area contributed by atoms with Crippen LogP contribution in [0.4, 0.5) is 0 Å². The molecule has 0 radical (unpaired) electrons. The molecule has 156 valence electrons. The van der Waals surface area contributed by atoms with Crippen LogP contribution in [-0.4, -0.2) is 24.5 Å². The van der Waals surface area contributed by atoms with E-state index in [1.807, 2.05) is 73.7 Å². The molecule has 0 aliphatic heterocycles. The molecule has 0 unspecified atom stereocenters. The Balaban J connectivity index is 1.49. The standard InChI is InChI=1S/C26H24N2O3/c1-18-11-13-20(14-12-18)24-17-28-26(31-24)22-9-5-4-8-21(22)25(29)27-16-15-19-7-3-6-10-23(19)30-2/h3-14,17H,15-16H2,1-2H3,(H,27,29). The predicted octanol–water partition coefficient (Wildman–Crippen LogP) is 5.30. The number of rotatable bonds is 7. The number of methoxy groups -OCH3 is 1. The van der Waals surface area contributed by atoms with Gasteiger partial charge in [0.1, 0.15) is 5.75 Å². The van der Waals surface area contributed by atoms with E-state index in [0.717, 1.165) is 16.9 Å². The van der Waals surface area contributed by atoms with E-state index in [1.54, 1.807) is 19.4 Å². The molecule has 1 aromatic heterocycles. The fraction of sp³-hybridized carbons (Fsp3) is 0.154. The van der Waals surface area contributed by atoms with Gasteiger partial charge in [0.05, 0.1) is 18.9 Å². The van der Waals surface area contributed by atoms with Crippen LogP contribution < -0.4 is 10.1 Å². The van der Waals surface area contributed by atoms with E-state index in [9.17, 15) is 4.79 Å². The summed E-state index contributed by atoms with van der Waals surface area (Å²) in [5.41, 5.74) is 4.37. The molecule has 1 amide bonds. The SMILES string of the molecule is COc1ccccc1CCNC(=O)c1ccccc1-c1ncc(-c2ccc(C)cc2)o1. The first kappa shape index (κ1) is 20.4. The van der Waals surface area contributed by atoms with Gasteiger partial charge in [0, 0.05) is 17.7 Å². The third kappa shape index (κ3) is 4.67. The maximum atomic E-state index is 12.9. The van der Waals surface area contributed by atoms with Gasteiger partial charge in [0.25, 0.3) is 5.91 Å². The first-order valence-electron chi connectivity index (χ1n) is 10.2. The average molecular weight is 412 g/mol. The molecular weight excluding hydrogens is 388 g/mol. The number of nitrogens with one attached hydrogen (secondary N) is 1. The lowest BCUT2D eigenvalue weighted by Gasteiger charge is -2.10. The predicted molar refractivity (Wildman–Crippen MR) is 121 cm³/mol. The van der Waals surface area contributed by atoms with Gasteiger partial charge in [0.15, 0.2) is 5.76 Å². The Morgan fingerprint density at radius 1 is 1.00 bits per heavy atom. The normalized spacial score (nSPS) is 10.6. The number of aromatic nitrogens is 1. The first-order chi connectivity index (χ1) is 15.2. The number of amides is 1. The molecule has 0 fully saturated rings. The Morgan fingerprint density at radius 2 is 1.74 bits per heavy atom. The van der Waals surface area contributed by atoms with Gasteiger partial charge in [-0.25, -0.2) is 4.98 Å². The number of para-hydroxylation sites is 1. The second kappa shape index (κ2) is 9.30. The Kier molecular flexibility index (Phi) is 6.13. The molecule has 1 heterocycles. The van der Waals surface area contributed by atoms with Gasteiger partial charge >= 0.3 is 0 Å². The Bertz CT molecular complexity index is 1180. The van der Waals surface area contributed by atoms with Crippen LogP contribution in [0, 0.1) is 6.92 Å². The van der Waals surface area contributed by atoms with Crippen LogP contribution in [0.1, 0.15) is 21.5 Å². The number of aryl methyl sites for hydroxylation is 1. The summed E-state index contributed by atoms with van der Waals surface area (Å²) in [6.07, 6.45) is 2.37. The first-order valence-corrected chi connectivity index (χ1v) is 10.2. The summed E-state index contributed by atoms with van der Waals surface area (Å²) in [4.78, 5) is 17.3. The molecular formula is C26H24N2O3. The summed E-state index contributed by atoms with van der Waals surface area (Å²) < 4.78 is 11.4. The number of hydrogen-bond donors (Lipinski definition) is 1. The second-order valence-electron chi connectivity index (χ2n) is 7.26. The molecule has 4 aromatic rings. The van der Waals surface area contributed by atoms with Crippen LogP contribution in [0.3, 0.4) is 0 Å². The zero-order valence-corrected chi connectivity index (χ0v) is 17.6. The minimum absolute atomic E-state index is 0.166. The van der Waals surface area contributed by atoms with Crippen molar-refractivity contribution in [3.63, 3.8) is 0 Å². The van der Waals surface area contributed by atoms with E-state index in [-0.39, 0.29) is 5.91 Å². The second-order valence-corrected chi connectivity index (χ2v) is 7.26. The van der Waals surface area contributed by atoms with Crippen molar-refractivity contribution in [1.82, 2.24) is 10.3 Å². The summed E-state index contributed by atoms with van der Waals surface area (Å²) in [5, 5.41) is 2.99. The van der Waals surface area contributed by atoms with Crippen molar-refractivity contribution in [2.24, 2.45) is 0 Å². The van der Waals surface area contributed by atoms with Crippen LogP contribution in [0.15, 0.2) is 83.4 Å². The third-order valence-corrected chi connectivity index (χ3v) is 5.12. The van der Waals surface area contributed by atoms with Crippen molar-refractivity contribution in [3.8, 4) is 28.5 Å². The number of carbonyl (C=O) groups excluding carboxylic acids is 1. The van der Waals surface area contributed by atoms with Crippen molar-refractivity contribution in [2.75, 3.05) is 13.7 Å². The van der Waals surface area contributed by atoms with E-state index in [0.29, 0.717) is 35.7 Å². The molecule has 0 aliphatic carbocycles. The third-order valence-electron chi connectivity index (χ3n) is 5.12. The molecule has 0 aliphatic rings. The van der Waals surface area contributed by atoms with Crippen LogP contribution in [0.5, 0.6) is 5.75 Å². The smallest absolute Gasteiger partial charge is 0.252 e. The lowest BCUT2D eigenvalue weighted by atomic mass is 10.1. The molecule has 5 heteroatoms. The molecule has 1 N–H and O–H groups in total. The number of ether oxygens (including phenoxy) is 1. The van der Waals surface area contributed by atoms with Crippen molar-refractivity contribution in [1.29, 1.82) is 0 Å².